The molecule has 6 heteroatoms. The Morgan fingerprint density at radius 1 is 1.23 bits per heavy atom. The highest BCUT2D eigenvalue weighted by Crippen LogP contribution is 2.26. The highest BCUT2D eigenvalue weighted by Gasteiger charge is 2.28. The number of nitrogens with two attached hydrogens (primary N) is 1. The van der Waals surface area contributed by atoms with Crippen LogP contribution in [0.2, 0.25) is 0 Å². The van der Waals surface area contributed by atoms with Gasteiger partial charge in [-0.25, -0.2) is 0 Å². The van der Waals surface area contributed by atoms with Gasteiger partial charge in [-0.3, -0.25) is 14.9 Å². The van der Waals surface area contributed by atoms with Crippen molar-refractivity contribution in [3.63, 3.8) is 0 Å². The van der Waals surface area contributed by atoms with Crippen LogP contribution in [-0.4, -0.2) is 16.9 Å². The monoisotopic (exact) mass is 356 g/mol. The fourth-order valence-corrected chi connectivity index (χ4v) is 3.00. The molecule has 0 unspecified atom stereocenters. The number of rotatable bonds is 8. The summed E-state index contributed by atoms with van der Waals surface area (Å²) in [4.78, 5) is 23.8. The van der Waals surface area contributed by atoms with E-state index in [1.165, 1.54) is 6.07 Å². The van der Waals surface area contributed by atoms with Gasteiger partial charge in [0, 0.05) is 11.6 Å². The van der Waals surface area contributed by atoms with Gasteiger partial charge in [0.15, 0.2) is 6.04 Å². The molecule has 6 nitrogen and oxygen atoms in total. The van der Waals surface area contributed by atoms with E-state index < -0.39 is 11.0 Å². The van der Waals surface area contributed by atoms with Gasteiger partial charge in [-0.15, -0.1) is 0 Å². The molecule has 0 aliphatic carbocycles. The molecule has 0 spiro atoms. The molecule has 1 amide bonds. The van der Waals surface area contributed by atoms with Gasteiger partial charge in [-0.2, -0.15) is 0 Å². The summed E-state index contributed by atoms with van der Waals surface area (Å²) in [5, 5.41) is 16.1. The number of amides is 1. The minimum Gasteiger partial charge on any atom is -0.330 e. The Balaban J connectivity index is 2.28. The fraction of sp³-hybridized carbons (Fsp3) is 0.350. The molecule has 0 radical (unpaired) electrons. The molecule has 3 N–H and O–H groups in total. The minimum atomic E-state index is -0.469. The highest BCUT2D eigenvalue weighted by atomic mass is 16.6. The summed E-state index contributed by atoms with van der Waals surface area (Å²) >= 11 is 0. The molecule has 2 rings (SSSR count). The summed E-state index contributed by atoms with van der Waals surface area (Å²) in [7, 11) is 0. The molecule has 138 valence electrons. The number of nitro groups is 1. The van der Waals surface area contributed by atoms with Crippen molar-refractivity contribution in [1.82, 2.24) is 0 Å². The number of nitro benzene ring substituents is 1. The van der Waals surface area contributed by atoms with Crippen LogP contribution in [0, 0.1) is 17.0 Å². The second kappa shape index (κ2) is 9.10. The van der Waals surface area contributed by atoms with Crippen molar-refractivity contribution in [1.29, 1.82) is 0 Å². The van der Waals surface area contributed by atoms with Crippen molar-refractivity contribution in [2.75, 3.05) is 5.32 Å². The number of anilines is 1. The Morgan fingerprint density at radius 3 is 2.54 bits per heavy atom. The van der Waals surface area contributed by atoms with Crippen molar-refractivity contribution in [3.8, 4) is 0 Å². The third kappa shape index (κ3) is 5.13. The van der Waals surface area contributed by atoms with Gasteiger partial charge in [0.1, 0.15) is 5.69 Å². The van der Waals surface area contributed by atoms with Crippen molar-refractivity contribution in [2.24, 2.45) is 0 Å². The van der Waals surface area contributed by atoms with Crippen LogP contribution in [0.1, 0.15) is 43.9 Å². The van der Waals surface area contributed by atoms with Crippen molar-refractivity contribution >= 4 is 17.3 Å². The summed E-state index contributed by atoms with van der Waals surface area (Å²) in [6, 6.07) is 14.1. The standard InChI is InChI=1S/C20H25N3O3/c1-4-8-15(3)21-19(16-9-6-5-7-10-16)20(24)22-17-12-11-14(2)13-18(17)23(25)26/h5-7,9-13,15,19,21H,4,8H2,1-3H3,(H,22,24)/p+1/t15-,19-/m0/s1. The van der Waals surface area contributed by atoms with E-state index in [0.717, 1.165) is 24.0 Å². The first-order valence-corrected chi connectivity index (χ1v) is 8.88. The zero-order valence-corrected chi connectivity index (χ0v) is 15.4. The Labute approximate surface area is 153 Å². The summed E-state index contributed by atoms with van der Waals surface area (Å²) in [5.41, 5.74) is 1.79. The second-order valence-electron chi connectivity index (χ2n) is 6.61. The summed E-state index contributed by atoms with van der Waals surface area (Å²) < 4.78 is 0. The van der Waals surface area contributed by atoms with E-state index in [-0.39, 0.29) is 23.3 Å². The molecule has 0 saturated heterocycles. The lowest BCUT2D eigenvalue weighted by molar-refractivity contribution is -0.712. The largest absolute Gasteiger partial charge is 0.330 e. The molecular formula is C20H26N3O3+. The number of carbonyl (C=O) groups is 1. The predicted octanol–water partition coefficient (Wildman–Crippen LogP) is 3.34. The fourth-order valence-electron chi connectivity index (χ4n) is 3.00. The zero-order valence-electron chi connectivity index (χ0n) is 15.4. The van der Waals surface area contributed by atoms with E-state index in [2.05, 4.69) is 19.2 Å². The number of nitrogens with one attached hydrogen (secondary N) is 1. The molecular weight excluding hydrogens is 330 g/mol. The van der Waals surface area contributed by atoms with Gasteiger partial charge < -0.3 is 10.6 Å². The first-order valence-electron chi connectivity index (χ1n) is 8.88. The molecule has 0 bridgehead atoms. The lowest BCUT2D eigenvalue weighted by Crippen LogP contribution is -2.91. The van der Waals surface area contributed by atoms with E-state index in [9.17, 15) is 14.9 Å². The maximum Gasteiger partial charge on any atom is 0.293 e. The number of hydrogen-bond acceptors (Lipinski definition) is 3. The normalized spacial score (nSPS) is 13.0. The van der Waals surface area contributed by atoms with Crippen molar-refractivity contribution in [2.45, 2.75) is 45.7 Å². The molecule has 2 aromatic carbocycles. The lowest BCUT2D eigenvalue weighted by Gasteiger charge is -2.20. The molecule has 0 aromatic heterocycles. The van der Waals surface area contributed by atoms with Crippen LogP contribution in [0.25, 0.3) is 0 Å². The van der Waals surface area contributed by atoms with Gasteiger partial charge >= 0.3 is 0 Å². The molecule has 0 aliphatic heterocycles. The molecule has 2 atom stereocenters. The Hall–Kier alpha value is -2.73. The van der Waals surface area contributed by atoms with Crippen molar-refractivity contribution in [3.05, 3.63) is 69.8 Å². The second-order valence-corrected chi connectivity index (χ2v) is 6.61. The van der Waals surface area contributed by atoms with E-state index in [0.29, 0.717) is 0 Å². The number of carbonyl (C=O) groups excluding carboxylic acids is 1. The summed E-state index contributed by atoms with van der Waals surface area (Å²) in [6.45, 7) is 5.98. The van der Waals surface area contributed by atoms with E-state index in [1.807, 2.05) is 35.6 Å². The Bertz CT molecular complexity index is 762. The maximum atomic E-state index is 12.9. The van der Waals surface area contributed by atoms with Crippen LogP contribution in [0.4, 0.5) is 11.4 Å². The topological polar surface area (TPSA) is 88.8 Å². The smallest absolute Gasteiger partial charge is 0.293 e. The SMILES string of the molecule is CCC[C@H](C)[NH2+][C@H](C(=O)Nc1ccc(C)cc1[N+](=O)[O-])c1ccccc1. The summed E-state index contributed by atoms with van der Waals surface area (Å²) in [5.74, 6) is -0.258. The van der Waals surface area contributed by atoms with Crippen LogP contribution in [-0.2, 0) is 4.79 Å². The number of nitrogens with zero attached hydrogens (tertiary/aromatic N) is 1. The van der Waals surface area contributed by atoms with Gasteiger partial charge in [-0.05, 0) is 31.9 Å². The molecule has 0 saturated carbocycles. The van der Waals surface area contributed by atoms with Gasteiger partial charge in [0.2, 0.25) is 0 Å². The molecule has 2 aromatic rings. The Kier molecular flexibility index (Phi) is 6.86. The zero-order chi connectivity index (χ0) is 19.1. The van der Waals surface area contributed by atoms with Gasteiger partial charge in [0.05, 0.1) is 11.0 Å². The predicted molar refractivity (Wildman–Crippen MR) is 102 cm³/mol. The van der Waals surface area contributed by atoms with Crippen LogP contribution < -0.4 is 10.6 Å². The van der Waals surface area contributed by atoms with Gasteiger partial charge in [-0.1, -0.05) is 49.7 Å². The molecule has 26 heavy (non-hydrogen) atoms. The number of aryl methyl sites for hydroxylation is 1. The van der Waals surface area contributed by atoms with Crippen LogP contribution in [0.15, 0.2) is 48.5 Å². The average Bonchev–Trinajstić information content (AvgIpc) is 2.62. The third-order valence-corrected chi connectivity index (χ3v) is 4.31. The van der Waals surface area contributed by atoms with E-state index in [1.54, 1.807) is 19.1 Å². The molecule has 0 aliphatic rings. The molecule has 0 fully saturated rings. The maximum absolute atomic E-state index is 12.9. The number of hydrogen-bond donors (Lipinski definition) is 2. The number of quaternary nitrogens is 1. The van der Waals surface area contributed by atoms with Crippen LogP contribution >= 0.6 is 0 Å². The first-order chi connectivity index (χ1) is 12.4. The minimum absolute atomic E-state index is 0.0910. The van der Waals surface area contributed by atoms with Crippen LogP contribution in [0.3, 0.4) is 0 Å². The lowest BCUT2D eigenvalue weighted by atomic mass is 10.0. The van der Waals surface area contributed by atoms with Crippen molar-refractivity contribution < 1.29 is 15.0 Å². The van der Waals surface area contributed by atoms with Gasteiger partial charge in [0.25, 0.3) is 11.6 Å². The quantitative estimate of drug-likeness (QED) is 0.561. The highest BCUT2D eigenvalue weighted by molar-refractivity contribution is 5.96. The summed E-state index contributed by atoms with van der Waals surface area (Å²) in [6.07, 6.45) is 2.02. The van der Waals surface area contributed by atoms with Crippen LogP contribution in [0.5, 0.6) is 0 Å². The number of benzene rings is 2. The molecule has 0 heterocycles. The Morgan fingerprint density at radius 2 is 1.92 bits per heavy atom. The van der Waals surface area contributed by atoms with E-state index in [4.69, 9.17) is 0 Å². The van der Waals surface area contributed by atoms with E-state index >= 15 is 0 Å². The third-order valence-electron chi connectivity index (χ3n) is 4.31. The average molecular weight is 356 g/mol. The first kappa shape index (κ1) is 19.6.